The van der Waals surface area contributed by atoms with Crippen molar-refractivity contribution in [1.82, 2.24) is 0 Å². The fourth-order valence-electron chi connectivity index (χ4n) is 0.632. The molecule has 0 heterocycles. The van der Waals surface area contributed by atoms with Crippen molar-refractivity contribution in [1.29, 1.82) is 0 Å². The molecule has 0 aromatic rings. The van der Waals surface area contributed by atoms with Gasteiger partial charge in [0.2, 0.25) is 0 Å². The predicted molar refractivity (Wildman–Crippen MR) is 81.2 cm³/mol. The molecule has 0 unspecified atom stereocenters. The van der Waals surface area contributed by atoms with Crippen LogP contribution in [0.2, 0.25) is 0 Å². The number of hydrogen-bond acceptors (Lipinski definition) is 6. The molecule has 0 atom stereocenters. The molecule has 0 aromatic heterocycles. The molecule has 0 fully saturated rings. The van der Waals surface area contributed by atoms with E-state index in [1.54, 1.807) is 0 Å². The lowest BCUT2D eigenvalue weighted by Gasteiger charge is -2.00. The summed E-state index contributed by atoms with van der Waals surface area (Å²) in [5.74, 6) is 11.7. The number of rotatable bonds is 5. The Hall–Kier alpha value is -0.0300. The van der Waals surface area contributed by atoms with Crippen LogP contribution in [0.15, 0.2) is 10.2 Å². The molecule has 0 radical (unpaired) electrons. The summed E-state index contributed by atoms with van der Waals surface area (Å²) in [6.45, 7) is 0. The molecular formula is C6H17IN6S2. The van der Waals surface area contributed by atoms with Gasteiger partial charge in [0.15, 0.2) is 10.3 Å². The molecule has 0 aliphatic heterocycles. The summed E-state index contributed by atoms with van der Waals surface area (Å²) in [6, 6.07) is 0. The number of nitrogens with two attached hydrogens (primary N) is 4. The fourth-order valence-corrected chi connectivity index (χ4v) is 1.90. The maximum atomic E-state index is 5.38. The molecule has 0 spiro atoms. The van der Waals surface area contributed by atoms with Gasteiger partial charge < -0.3 is 23.2 Å². The number of amidine groups is 2. The standard InChI is InChI=1S/C6H16N6S2.HI/c7-5(11-9)13-3-1-2-4-14-6(8)12-10;/h1-4,9-10H2,(H2,7,11)(H2,8,12);1H. The number of hydrazone groups is 2. The molecule has 6 nitrogen and oxygen atoms in total. The normalized spacial score (nSPS) is 12.3. The number of thioether (sulfide) groups is 2. The third-order valence-corrected chi connectivity index (χ3v) is 3.08. The van der Waals surface area contributed by atoms with E-state index in [1.807, 2.05) is 0 Å². The van der Waals surface area contributed by atoms with Crippen LogP contribution in [0.1, 0.15) is 12.8 Å². The zero-order chi connectivity index (χ0) is 10.8. The zero-order valence-electron chi connectivity index (χ0n) is 8.26. The summed E-state index contributed by atoms with van der Waals surface area (Å²) in [4.78, 5) is 0. The smallest absolute Gasteiger partial charge is 0.177 e. The summed E-state index contributed by atoms with van der Waals surface area (Å²) in [7, 11) is 0. The lowest BCUT2D eigenvalue weighted by atomic mass is 10.4. The van der Waals surface area contributed by atoms with Crippen molar-refractivity contribution < 1.29 is 0 Å². The van der Waals surface area contributed by atoms with E-state index in [4.69, 9.17) is 23.2 Å². The fraction of sp³-hybridized carbons (Fsp3) is 0.667. The van der Waals surface area contributed by atoms with E-state index in [2.05, 4.69) is 10.2 Å². The largest absolute Gasteiger partial charge is 0.377 e. The van der Waals surface area contributed by atoms with E-state index in [1.165, 1.54) is 23.5 Å². The minimum Gasteiger partial charge on any atom is -0.377 e. The Bertz CT molecular complexity index is 188. The molecule has 0 rings (SSSR count). The molecule has 9 heteroatoms. The molecule has 8 N–H and O–H groups in total. The van der Waals surface area contributed by atoms with Crippen LogP contribution < -0.4 is 23.2 Å². The van der Waals surface area contributed by atoms with Gasteiger partial charge in [-0.1, -0.05) is 23.5 Å². The van der Waals surface area contributed by atoms with Crippen molar-refractivity contribution in [2.75, 3.05) is 11.5 Å². The van der Waals surface area contributed by atoms with Crippen molar-refractivity contribution in [3.05, 3.63) is 0 Å². The minimum absolute atomic E-state index is 0. The molecule has 0 aliphatic carbocycles. The van der Waals surface area contributed by atoms with Crippen LogP contribution in [-0.4, -0.2) is 21.8 Å². The number of hydrogen-bond donors (Lipinski definition) is 4. The van der Waals surface area contributed by atoms with Gasteiger partial charge in [-0.05, 0) is 12.8 Å². The van der Waals surface area contributed by atoms with Gasteiger partial charge in [-0.15, -0.1) is 24.0 Å². The molecule has 0 bridgehead atoms. The van der Waals surface area contributed by atoms with E-state index in [-0.39, 0.29) is 24.0 Å². The van der Waals surface area contributed by atoms with Gasteiger partial charge in [-0.25, -0.2) is 0 Å². The highest BCUT2D eigenvalue weighted by molar-refractivity contribution is 14.0. The second-order valence-electron chi connectivity index (χ2n) is 2.34. The topological polar surface area (TPSA) is 129 Å². The lowest BCUT2D eigenvalue weighted by molar-refractivity contribution is 0.910. The Morgan fingerprint density at radius 2 is 1.20 bits per heavy atom. The van der Waals surface area contributed by atoms with Crippen LogP contribution in [0.4, 0.5) is 0 Å². The van der Waals surface area contributed by atoms with Gasteiger partial charge >= 0.3 is 0 Å². The maximum Gasteiger partial charge on any atom is 0.177 e. The molecule has 90 valence electrons. The summed E-state index contributed by atoms with van der Waals surface area (Å²) >= 11 is 2.90. The van der Waals surface area contributed by atoms with E-state index in [0.29, 0.717) is 10.3 Å². The SMILES string of the molecule is I.N/N=C(/N)SCCCCS/C(N)=N/N. The third-order valence-electron chi connectivity index (χ3n) is 1.29. The third kappa shape index (κ3) is 11.9. The highest BCUT2D eigenvalue weighted by atomic mass is 127. The van der Waals surface area contributed by atoms with Gasteiger partial charge in [0, 0.05) is 11.5 Å². The second kappa shape index (κ2) is 12.0. The number of unbranched alkanes of at least 4 members (excludes halogenated alkanes) is 1. The molecule has 0 amide bonds. The number of nitrogens with zero attached hydrogens (tertiary/aromatic N) is 2. The van der Waals surface area contributed by atoms with Crippen LogP contribution >= 0.6 is 47.5 Å². The van der Waals surface area contributed by atoms with Gasteiger partial charge in [0.05, 0.1) is 0 Å². The Morgan fingerprint density at radius 1 is 0.867 bits per heavy atom. The van der Waals surface area contributed by atoms with Crippen LogP contribution in [0.3, 0.4) is 0 Å². The number of halogens is 1. The summed E-state index contributed by atoms with van der Waals surface area (Å²) in [5, 5.41) is 7.52. The Balaban J connectivity index is 0. The van der Waals surface area contributed by atoms with Gasteiger partial charge in [0.1, 0.15) is 0 Å². The first-order chi connectivity index (χ1) is 6.70. The second-order valence-corrected chi connectivity index (χ2v) is 4.57. The van der Waals surface area contributed by atoms with Crippen molar-refractivity contribution in [3.63, 3.8) is 0 Å². The molecule has 0 aromatic carbocycles. The molecule has 0 aliphatic rings. The summed E-state index contributed by atoms with van der Waals surface area (Å²) in [5.41, 5.74) is 10.8. The van der Waals surface area contributed by atoms with E-state index in [0.717, 1.165) is 24.3 Å². The van der Waals surface area contributed by atoms with Crippen LogP contribution in [-0.2, 0) is 0 Å². The average molecular weight is 364 g/mol. The van der Waals surface area contributed by atoms with Crippen molar-refractivity contribution in [2.24, 2.45) is 33.4 Å². The summed E-state index contributed by atoms with van der Waals surface area (Å²) < 4.78 is 0. The van der Waals surface area contributed by atoms with E-state index in [9.17, 15) is 0 Å². The van der Waals surface area contributed by atoms with Gasteiger partial charge in [0.25, 0.3) is 0 Å². The lowest BCUT2D eigenvalue weighted by Crippen LogP contribution is -2.10. The van der Waals surface area contributed by atoms with Crippen LogP contribution in [0, 0.1) is 0 Å². The average Bonchev–Trinajstić information content (AvgIpc) is 2.22. The molecular weight excluding hydrogens is 347 g/mol. The monoisotopic (exact) mass is 364 g/mol. The molecule has 0 saturated carbocycles. The van der Waals surface area contributed by atoms with E-state index >= 15 is 0 Å². The quantitative estimate of drug-likeness (QED) is 0.138. The Kier molecular flexibility index (Phi) is 13.9. The maximum absolute atomic E-state index is 5.38. The van der Waals surface area contributed by atoms with Crippen molar-refractivity contribution >= 4 is 57.8 Å². The molecule has 15 heavy (non-hydrogen) atoms. The van der Waals surface area contributed by atoms with Gasteiger partial charge in [-0.3, -0.25) is 0 Å². The Morgan fingerprint density at radius 3 is 1.47 bits per heavy atom. The predicted octanol–water partition coefficient (Wildman–Crippen LogP) is 0.228. The highest BCUT2D eigenvalue weighted by Crippen LogP contribution is 2.08. The first-order valence-electron chi connectivity index (χ1n) is 4.03. The first kappa shape index (κ1) is 17.4. The Labute approximate surface area is 115 Å². The van der Waals surface area contributed by atoms with Crippen molar-refractivity contribution in [3.8, 4) is 0 Å². The van der Waals surface area contributed by atoms with Crippen LogP contribution in [0.5, 0.6) is 0 Å². The zero-order valence-corrected chi connectivity index (χ0v) is 12.2. The van der Waals surface area contributed by atoms with E-state index < -0.39 is 0 Å². The van der Waals surface area contributed by atoms with Crippen molar-refractivity contribution in [2.45, 2.75) is 12.8 Å². The van der Waals surface area contributed by atoms with Crippen LogP contribution in [0.25, 0.3) is 0 Å². The summed E-state index contributed by atoms with van der Waals surface area (Å²) in [6.07, 6.45) is 2.07. The minimum atomic E-state index is 0. The first-order valence-corrected chi connectivity index (χ1v) is 6.00. The van der Waals surface area contributed by atoms with Gasteiger partial charge in [-0.2, -0.15) is 10.2 Å². The molecule has 0 saturated heterocycles. The highest BCUT2D eigenvalue weighted by Gasteiger charge is 1.95.